The Balaban J connectivity index is 0.756. The summed E-state index contributed by atoms with van der Waals surface area (Å²) in [5.74, 6) is 1.58. The molecule has 0 saturated heterocycles. The molecule has 316 valence electrons. The second-order valence-corrected chi connectivity index (χ2v) is 14.0. The van der Waals surface area contributed by atoms with Crippen molar-refractivity contribution in [3.63, 3.8) is 0 Å². The van der Waals surface area contributed by atoms with Crippen LogP contribution in [0.3, 0.4) is 0 Å². The highest BCUT2D eigenvalue weighted by Crippen LogP contribution is 2.33. The Hall–Kier alpha value is -7.39. The van der Waals surface area contributed by atoms with Crippen LogP contribution in [0.5, 0.6) is 17.2 Å². The van der Waals surface area contributed by atoms with Crippen molar-refractivity contribution in [2.75, 3.05) is 53.3 Å². The lowest BCUT2D eigenvalue weighted by Crippen LogP contribution is -2.38. The summed E-state index contributed by atoms with van der Waals surface area (Å²) in [5.41, 5.74) is 10.0. The third-order valence-electron chi connectivity index (χ3n) is 9.76. The maximum atomic E-state index is 13.6. The molecule has 62 heavy (non-hydrogen) atoms. The molecule has 0 fully saturated rings. The van der Waals surface area contributed by atoms with E-state index in [9.17, 15) is 14.4 Å². The van der Waals surface area contributed by atoms with E-state index in [1.807, 2.05) is 41.5 Å². The van der Waals surface area contributed by atoms with Crippen LogP contribution in [0.25, 0.3) is 44.6 Å². The molecule has 0 atom stereocenters. The van der Waals surface area contributed by atoms with Gasteiger partial charge in [-0.05, 0) is 66.2 Å². The molecule has 3 heterocycles. The fraction of sp³-hybridized carbons (Fsp3) is 0.188. The van der Waals surface area contributed by atoms with Gasteiger partial charge in [-0.15, -0.1) is 5.53 Å². The lowest BCUT2D eigenvalue weighted by Gasteiger charge is -2.15. The molecule has 1 aliphatic heterocycles. The summed E-state index contributed by atoms with van der Waals surface area (Å²) in [5, 5.41) is 2.75. The molecule has 0 unspecified atom stereocenters. The number of esters is 1. The van der Waals surface area contributed by atoms with Crippen molar-refractivity contribution >= 4 is 27.9 Å². The van der Waals surface area contributed by atoms with Gasteiger partial charge in [-0.2, -0.15) is 0 Å². The molecule has 8 rings (SSSR count). The van der Waals surface area contributed by atoms with E-state index in [-0.39, 0.29) is 29.0 Å². The number of para-hydroxylation sites is 1. The van der Waals surface area contributed by atoms with E-state index in [1.165, 1.54) is 13.2 Å². The third-order valence-corrected chi connectivity index (χ3v) is 9.76. The summed E-state index contributed by atoms with van der Waals surface area (Å²) in [7, 11) is 1.32. The summed E-state index contributed by atoms with van der Waals surface area (Å²) >= 11 is 0. The van der Waals surface area contributed by atoms with E-state index >= 15 is 0 Å². The van der Waals surface area contributed by atoms with Crippen molar-refractivity contribution in [1.29, 1.82) is 0 Å². The molecule has 0 bridgehead atoms. The van der Waals surface area contributed by atoms with Gasteiger partial charge in [0.05, 0.1) is 62.1 Å². The minimum Gasteiger partial charge on any atom is -0.491 e. The molecule has 1 aliphatic rings. The van der Waals surface area contributed by atoms with E-state index < -0.39 is 5.97 Å². The highest BCUT2D eigenvalue weighted by Gasteiger charge is 2.19. The van der Waals surface area contributed by atoms with Gasteiger partial charge in [-0.1, -0.05) is 54.6 Å². The summed E-state index contributed by atoms with van der Waals surface area (Å²) in [6.45, 7) is 2.77. The zero-order valence-corrected chi connectivity index (χ0v) is 33.8. The summed E-state index contributed by atoms with van der Waals surface area (Å²) in [6, 6.07) is 37.2. The van der Waals surface area contributed by atoms with Crippen LogP contribution in [0.1, 0.15) is 15.9 Å². The Labute approximate surface area is 355 Å². The normalized spacial score (nSPS) is 12.3. The van der Waals surface area contributed by atoms with E-state index in [2.05, 4.69) is 11.0 Å². The lowest BCUT2D eigenvalue weighted by atomic mass is 10.1. The molecule has 0 saturated carbocycles. The number of hydrazine groups is 2. The Morgan fingerprint density at radius 1 is 0.645 bits per heavy atom. The number of fused-ring (bicyclic) bond motifs is 2. The van der Waals surface area contributed by atoms with Gasteiger partial charge < -0.3 is 42.7 Å². The average molecular weight is 838 g/mol. The number of benzene rings is 5. The summed E-state index contributed by atoms with van der Waals surface area (Å²) in [6.07, 6.45) is 1.91. The van der Waals surface area contributed by atoms with Crippen LogP contribution in [-0.2, 0) is 20.8 Å². The van der Waals surface area contributed by atoms with Crippen molar-refractivity contribution in [1.82, 2.24) is 16.0 Å². The van der Waals surface area contributed by atoms with Crippen molar-refractivity contribution < 1.29 is 42.1 Å². The molecular weight excluding hydrogens is 795 g/mol. The maximum absolute atomic E-state index is 13.6. The van der Waals surface area contributed by atoms with Crippen LogP contribution < -0.4 is 36.0 Å². The number of hydrogen-bond donors (Lipinski definition) is 2. The van der Waals surface area contributed by atoms with E-state index in [4.69, 9.17) is 37.3 Å². The van der Waals surface area contributed by atoms with Crippen molar-refractivity contribution in [2.45, 2.75) is 6.61 Å². The zero-order valence-electron chi connectivity index (χ0n) is 33.8. The Morgan fingerprint density at radius 3 is 2.26 bits per heavy atom. The fourth-order valence-corrected chi connectivity index (χ4v) is 6.65. The monoisotopic (exact) mass is 837 g/mol. The van der Waals surface area contributed by atoms with Gasteiger partial charge in [-0.25, -0.2) is 4.79 Å². The standard InChI is InChI=1S/C48H43N3O11/c1-55-48(54)35-11-7-8-32(26-35)30-60-47-45(53)40-12-5-6-13-42(40)62-46(47)34-14-16-37(17-15-34)58-24-22-56-21-20-51-29-36(49-50-51)31-57-23-25-59-38-18-19-39-41(52)28-43(61-44(39)27-38)33-9-3-2-4-10-33/h2-19,26-29,49-50H,20-25,30-31H2,1H3. The number of carbonyl (C=O) groups excluding carboxylic acids is 1. The zero-order chi connectivity index (χ0) is 42.7. The molecule has 0 amide bonds. The number of hydrogen-bond acceptors (Lipinski definition) is 14. The van der Waals surface area contributed by atoms with Gasteiger partial charge in [0.1, 0.15) is 48.2 Å². The topological polar surface area (TPSA) is 160 Å². The molecule has 0 radical (unpaired) electrons. The predicted octanol–water partition coefficient (Wildman–Crippen LogP) is 7.26. The minimum atomic E-state index is -0.463. The largest absolute Gasteiger partial charge is 0.491 e. The van der Waals surface area contributed by atoms with Crippen LogP contribution in [0.4, 0.5) is 0 Å². The third kappa shape index (κ3) is 10.1. The minimum absolute atomic E-state index is 0.0323. The van der Waals surface area contributed by atoms with Crippen molar-refractivity contribution in [3.8, 4) is 39.9 Å². The van der Waals surface area contributed by atoms with Crippen LogP contribution in [-0.4, -0.2) is 64.3 Å². The Kier molecular flexibility index (Phi) is 13.2. The number of nitrogens with zero attached hydrogens (tertiary/aromatic N) is 1. The molecule has 2 aromatic heterocycles. The van der Waals surface area contributed by atoms with Gasteiger partial charge >= 0.3 is 5.97 Å². The molecule has 7 aromatic rings. The first-order valence-electron chi connectivity index (χ1n) is 19.9. The highest BCUT2D eigenvalue weighted by atomic mass is 16.5. The van der Waals surface area contributed by atoms with Gasteiger partial charge in [0.25, 0.3) is 0 Å². The van der Waals surface area contributed by atoms with Crippen molar-refractivity contribution in [3.05, 3.63) is 171 Å². The van der Waals surface area contributed by atoms with Gasteiger partial charge in [0.15, 0.2) is 11.2 Å². The molecular formula is C48H43N3O11. The number of nitrogens with one attached hydrogen (secondary N) is 2. The number of rotatable bonds is 19. The Bertz CT molecular complexity index is 2800. The average Bonchev–Trinajstić information content (AvgIpc) is 3.77. The lowest BCUT2D eigenvalue weighted by molar-refractivity contribution is 0.0600. The molecule has 14 nitrogen and oxygen atoms in total. The second-order valence-electron chi connectivity index (χ2n) is 14.0. The molecule has 14 heteroatoms. The number of methoxy groups -OCH3 is 1. The second kappa shape index (κ2) is 19.8. The van der Waals surface area contributed by atoms with Crippen LogP contribution in [0.2, 0.25) is 0 Å². The molecule has 2 N–H and O–H groups in total. The van der Waals surface area contributed by atoms with Gasteiger partial charge in [0.2, 0.25) is 11.2 Å². The quantitative estimate of drug-likeness (QED) is 0.0619. The smallest absolute Gasteiger partial charge is 0.337 e. The molecule has 0 spiro atoms. The van der Waals surface area contributed by atoms with E-state index in [0.717, 1.165) is 11.3 Å². The first-order valence-corrected chi connectivity index (χ1v) is 19.9. The maximum Gasteiger partial charge on any atom is 0.337 e. The SMILES string of the molecule is COC(=O)c1cccc(COc2c(-c3ccc(OCCOCCN4C=C(COCCOc5ccc6c(=O)cc(-c7ccccc7)oc6c5)NN4)cc3)oc3ccccc3c2=O)c1. The fourth-order valence-electron chi connectivity index (χ4n) is 6.65. The van der Waals surface area contributed by atoms with E-state index in [1.54, 1.807) is 91.0 Å². The van der Waals surface area contributed by atoms with E-state index in [0.29, 0.717) is 102 Å². The summed E-state index contributed by atoms with van der Waals surface area (Å²) < 4.78 is 46.5. The van der Waals surface area contributed by atoms with Crippen LogP contribution >= 0.6 is 0 Å². The van der Waals surface area contributed by atoms with Crippen LogP contribution in [0, 0.1) is 0 Å². The predicted molar refractivity (Wildman–Crippen MR) is 232 cm³/mol. The molecule has 5 aromatic carbocycles. The first kappa shape index (κ1) is 41.3. The first-order chi connectivity index (χ1) is 30.4. The number of carbonyl (C=O) groups is 1. The summed E-state index contributed by atoms with van der Waals surface area (Å²) in [4.78, 5) is 38.3. The Morgan fingerprint density at radius 2 is 1.42 bits per heavy atom. The van der Waals surface area contributed by atoms with Gasteiger partial charge in [0, 0.05) is 29.5 Å². The molecule has 0 aliphatic carbocycles. The number of ether oxygens (including phenoxy) is 6. The van der Waals surface area contributed by atoms with Crippen molar-refractivity contribution in [2.24, 2.45) is 0 Å². The van der Waals surface area contributed by atoms with Gasteiger partial charge in [-0.3, -0.25) is 14.6 Å². The highest BCUT2D eigenvalue weighted by molar-refractivity contribution is 5.89. The van der Waals surface area contributed by atoms with Crippen LogP contribution in [0.15, 0.2) is 158 Å².